The van der Waals surface area contributed by atoms with Crippen molar-refractivity contribution in [1.82, 2.24) is 9.97 Å². The molecule has 0 fully saturated rings. The summed E-state index contributed by atoms with van der Waals surface area (Å²) in [4.78, 5) is 11.9. The molecule has 1 atom stereocenters. The highest BCUT2D eigenvalue weighted by atomic mass is 15.2. The quantitative estimate of drug-likeness (QED) is 0.745. The van der Waals surface area contributed by atoms with Gasteiger partial charge in [0, 0.05) is 31.6 Å². The van der Waals surface area contributed by atoms with Crippen molar-refractivity contribution in [3.63, 3.8) is 0 Å². The SMILES string of the molecule is CCCc1nc(NCC)c(C)c(N(CC)CC(C)CC)n1. The van der Waals surface area contributed by atoms with Crippen molar-refractivity contribution in [1.29, 1.82) is 0 Å². The number of hydrogen-bond donors (Lipinski definition) is 1. The van der Waals surface area contributed by atoms with Gasteiger partial charge in [-0.1, -0.05) is 27.2 Å². The van der Waals surface area contributed by atoms with Crippen molar-refractivity contribution in [2.24, 2.45) is 5.92 Å². The van der Waals surface area contributed by atoms with E-state index in [1.54, 1.807) is 0 Å². The fourth-order valence-electron chi connectivity index (χ4n) is 2.40. The van der Waals surface area contributed by atoms with Gasteiger partial charge < -0.3 is 10.2 Å². The number of nitrogens with one attached hydrogen (secondary N) is 1. The van der Waals surface area contributed by atoms with Crippen LogP contribution in [0.5, 0.6) is 0 Å². The summed E-state index contributed by atoms with van der Waals surface area (Å²) in [5, 5.41) is 3.38. The molecule has 1 unspecified atom stereocenters. The van der Waals surface area contributed by atoms with Crippen LogP contribution in [0.1, 0.15) is 58.8 Å². The summed E-state index contributed by atoms with van der Waals surface area (Å²) in [6.07, 6.45) is 3.21. The summed E-state index contributed by atoms with van der Waals surface area (Å²) in [6.45, 7) is 16.1. The van der Waals surface area contributed by atoms with Crippen LogP contribution in [0.15, 0.2) is 0 Å². The molecule has 4 nitrogen and oxygen atoms in total. The minimum absolute atomic E-state index is 0.677. The Bertz CT molecular complexity index is 431. The molecule has 4 heteroatoms. The van der Waals surface area contributed by atoms with E-state index in [2.05, 4.69) is 56.7 Å². The van der Waals surface area contributed by atoms with Gasteiger partial charge in [-0.25, -0.2) is 9.97 Å². The van der Waals surface area contributed by atoms with Crippen LogP contribution in [0.2, 0.25) is 0 Å². The first kappa shape index (κ1) is 17.7. The first-order chi connectivity index (χ1) is 10.1. The molecule has 0 radical (unpaired) electrons. The van der Waals surface area contributed by atoms with Crippen molar-refractivity contribution in [3.05, 3.63) is 11.4 Å². The molecule has 0 aromatic carbocycles. The second kappa shape index (κ2) is 8.85. The molecule has 1 rings (SSSR count). The van der Waals surface area contributed by atoms with Gasteiger partial charge >= 0.3 is 0 Å². The average Bonchev–Trinajstić information content (AvgIpc) is 2.48. The lowest BCUT2D eigenvalue weighted by atomic mass is 10.1. The normalized spacial score (nSPS) is 12.3. The van der Waals surface area contributed by atoms with Crippen LogP contribution >= 0.6 is 0 Å². The Morgan fingerprint density at radius 1 is 1.14 bits per heavy atom. The van der Waals surface area contributed by atoms with Crippen LogP contribution in [0.3, 0.4) is 0 Å². The zero-order chi connectivity index (χ0) is 15.8. The topological polar surface area (TPSA) is 41.1 Å². The number of anilines is 2. The van der Waals surface area contributed by atoms with Crippen LogP contribution in [-0.2, 0) is 6.42 Å². The van der Waals surface area contributed by atoms with Gasteiger partial charge in [-0.2, -0.15) is 0 Å². The van der Waals surface area contributed by atoms with Crippen LogP contribution in [0.4, 0.5) is 11.6 Å². The molecule has 0 aliphatic heterocycles. The predicted octanol–water partition coefficient (Wildman–Crippen LogP) is 4.04. The lowest BCUT2D eigenvalue weighted by Crippen LogP contribution is -2.30. The molecule has 1 heterocycles. The Morgan fingerprint density at radius 3 is 2.38 bits per heavy atom. The molecule has 1 aromatic heterocycles. The highest BCUT2D eigenvalue weighted by molar-refractivity contribution is 5.58. The first-order valence-electron chi connectivity index (χ1n) is 8.43. The van der Waals surface area contributed by atoms with Gasteiger partial charge in [0.25, 0.3) is 0 Å². The Labute approximate surface area is 130 Å². The van der Waals surface area contributed by atoms with E-state index in [1.165, 1.54) is 12.0 Å². The van der Waals surface area contributed by atoms with Crippen LogP contribution in [0, 0.1) is 12.8 Å². The van der Waals surface area contributed by atoms with Gasteiger partial charge in [0.05, 0.1) is 0 Å². The third-order valence-electron chi connectivity index (χ3n) is 3.89. The van der Waals surface area contributed by atoms with E-state index >= 15 is 0 Å². The summed E-state index contributed by atoms with van der Waals surface area (Å²) < 4.78 is 0. The zero-order valence-electron chi connectivity index (χ0n) is 14.7. The van der Waals surface area contributed by atoms with Gasteiger partial charge in [0.1, 0.15) is 17.5 Å². The first-order valence-corrected chi connectivity index (χ1v) is 8.43. The van der Waals surface area contributed by atoms with E-state index < -0.39 is 0 Å². The summed E-state index contributed by atoms with van der Waals surface area (Å²) in [5.74, 6) is 3.73. The summed E-state index contributed by atoms with van der Waals surface area (Å²) in [7, 11) is 0. The molecule has 1 aromatic rings. The van der Waals surface area contributed by atoms with Crippen molar-refractivity contribution < 1.29 is 0 Å². The highest BCUT2D eigenvalue weighted by Gasteiger charge is 2.16. The van der Waals surface area contributed by atoms with Crippen molar-refractivity contribution >= 4 is 11.6 Å². The van der Waals surface area contributed by atoms with Crippen LogP contribution < -0.4 is 10.2 Å². The number of nitrogens with zero attached hydrogens (tertiary/aromatic N) is 3. The van der Waals surface area contributed by atoms with E-state index in [-0.39, 0.29) is 0 Å². The second-order valence-electron chi connectivity index (χ2n) is 5.77. The maximum absolute atomic E-state index is 4.84. The standard InChI is InChI=1S/C17H32N4/c1-7-11-15-19-16(18-9-3)14(6)17(20-15)21(10-4)12-13(5)8-2/h13H,7-12H2,1-6H3,(H,18,19,20). The minimum atomic E-state index is 0.677. The smallest absolute Gasteiger partial charge is 0.137 e. The lowest BCUT2D eigenvalue weighted by molar-refractivity contribution is 0.544. The molecule has 0 bridgehead atoms. The number of hydrogen-bond acceptors (Lipinski definition) is 4. The van der Waals surface area contributed by atoms with E-state index in [0.29, 0.717) is 5.92 Å². The van der Waals surface area contributed by atoms with Crippen LogP contribution in [0.25, 0.3) is 0 Å². The second-order valence-corrected chi connectivity index (χ2v) is 5.77. The maximum Gasteiger partial charge on any atom is 0.137 e. The molecule has 0 spiro atoms. The van der Waals surface area contributed by atoms with Gasteiger partial charge in [0.15, 0.2) is 0 Å². The minimum Gasteiger partial charge on any atom is -0.370 e. The Hall–Kier alpha value is -1.32. The summed E-state index contributed by atoms with van der Waals surface area (Å²) >= 11 is 0. The molecule has 21 heavy (non-hydrogen) atoms. The summed E-state index contributed by atoms with van der Waals surface area (Å²) in [6, 6.07) is 0. The van der Waals surface area contributed by atoms with Gasteiger partial charge in [-0.15, -0.1) is 0 Å². The number of aryl methyl sites for hydroxylation is 1. The molecule has 1 N–H and O–H groups in total. The predicted molar refractivity (Wildman–Crippen MR) is 92.3 cm³/mol. The lowest BCUT2D eigenvalue weighted by Gasteiger charge is -2.27. The van der Waals surface area contributed by atoms with Gasteiger partial charge in [-0.3, -0.25) is 0 Å². The molecule has 120 valence electrons. The molecular formula is C17H32N4. The number of rotatable bonds is 9. The van der Waals surface area contributed by atoms with E-state index in [1.807, 2.05) is 0 Å². The number of aromatic nitrogens is 2. The fraction of sp³-hybridized carbons (Fsp3) is 0.765. The van der Waals surface area contributed by atoms with Crippen molar-refractivity contribution in [2.45, 2.75) is 60.8 Å². The molecule has 0 aliphatic carbocycles. The Kier molecular flexibility index (Phi) is 7.48. The average molecular weight is 292 g/mol. The summed E-state index contributed by atoms with van der Waals surface area (Å²) in [5.41, 5.74) is 1.17. The largest absolute Gasteiger partial charge is 0.370 e. The Balaban J connectivity index is 3.16. The van der Waals surface area contributed by atoms with Crippen LogP contribution in [-0.4, -0.2) is 29.6 Å². The molecule has 0 amide bonds. The van der Waals surface area contributed by atoms with E-state index in [0.717, 1.165) is 49.9 Å². The maximum atomic E-state index is 4.84. The monoisotopic (exact) mass is 292 g/mol. The van der Waals surface area contributed by atoms with Crippen molar-refractivity contribution in [2.75, 3.05) is 29.9 Å². The molecule has 0 saturated carbocycles. The highest BCUT2D eigenvalue weighted by Crippen LogP contribution is 2.25. The van der Waals surface area contributed by atoms with Gasteiger partial charge in [-0.05, 0) is 33.1 Å². The van der Waals surface area contributed by atoms with Crippen molar-refractivity contribution in [3.8, 4) is 0 Å². The van der Waals surface area contributed by atoms with E-state index in [4.69, 9.17) is 4.98 Å². The fourth-order valence-corrected chi connectivity index (χ4v) is 2.40. The van der Waals surface area contributed by atoms with Gasteiger partial charge in [0.2, 0.25) is 0 Å². The molecule has 0 saturated heterocycles. The Morgan fingerprint density at radius 2 is 1.86 bits per heavy atom. The third-order valence-corrected chi connectivity index (χ3v) is 3.89. The molecular weight excluding hydrogens is 260 g/mol. The van der Waals surface area contributed by atoms with E-state index in [9.17, 15) is 0 Å². The zero-order valence-corrected chi connectivity index (χ0v) is 14.7. The third kappa shape index (κ3) is 4.87. The molecule has 0 aliphatic rings.